The van der Waals surface area contributed by atoms with Crippen LogP contribution in [0.15, 0.2) is 16.8 Å². The Hall–Kier alpha value is -2.04. The van der Waals surface area contributed by atoms with E-state index in [1.165, 1.54) is 0 Å². The Morgan fingerprint density at radius 2 is 2.15 bits per heavy atom. The molecule has 0 aliphatic heterocycles. The van der Waals surface area contributed by atoms with Crippen LogP contribution in [0.5, 0.6) is 0 Å². The summed E-state index contributed by atoms with van der Waals surface area (Å²) in [5.74, 6) is 0.299. The highest BCUT2D eigenvalue weighted by Gasteiger charge is 2.18. The Labute approximate surface area is 118 Å². The van der Waals surface area contributed by atoms with Crippen LogP contribution < -0.4 is 0 Å². The van der Waals surface area contributed by atoms with Crippen LogP contribution in [0, 0.1) is 19.8 Å². The molecule has 0 unspecified atom stereocenters. The Morgan fingerprint density at radius 3 is 2.65 bits per heavy atom. The van der Waals surface area contributed by atoms with Crippen LogP contribution in [0.25, 0.3) is 0 Å². The minimum absolute atomic E-state index is 0.380. The number of carbonyl (C=O) groups is 1. The number of aryl methyl sites for hydroxylation is 2. The standard InChI is InChI=1S/C15H20N2O3/c1-9(2)7-14-12(15(18)19)5-6-17(14)8-13-10(3)16-20-11(13)4/h5-6,9H,7-8H2,1-4H3,(H,18,19). The highest BCUT2D eigenvalue weighted by Crippen LogP contribution is 2.20. The predicted octanol–water partition coefficient (Wildman–Crippen LogP) is 3.04. The summed E-state index contributed by atoms with van der Waals surface area (Å²) in [4.78, 5) is 11.3. The van der Waals surface area contributed by atoms with Crippen molar-refractivity contribution in [1.82, 2.24) is 9.72 Å². The van der Waals surface area contributed by atoms with E-state index in [-0.39, 0.29) is 0 Å². The monoisotopic (exact) mass is 276 g/mol. The molecule has 0 aliphatic rings. The van der Waals surface area contributed by atoms with Gasteiger partial charge in [0, 0.05) is 17.5 Å². The van der Waals surface area contributed by atoms with Crippen molar-refractivity contribution in [2.75, 3.05) is 0 Å². The van der Waals surface area contributed by atoms with Crippen LogP contribution in [0.2, 0.25) is 0 Å². The third-order valence-corrected chi connectivity index (χ3v) is 3.42. The SMILES string of the molecule is Cc1noc(C)c1Cn1ccc(C(=O)O)c1CC(C)C. The number of hydrogen-bond acceptors (Lipinski definition) is 3. The van der Waals surface area contributed by atoms with E-state index in [4.69, 9.17) is 4.52 Å². The first kappa shape index (κ1) is 14.4. The third kappa shape index (κ3) is 2.76. The van der Waals surface area contributed by atoms with Crippen molar-refractivity contribution in [3.8, 4) is 0 Å². The van der Waals surface area contributed by atoms with Crippen molar-refractivity contribution in [3.63, 3.8) is 0 Å². The van der Waals surface area contributed by atoms with Crippen LogP contribution in [0.3, 0.4) is 0 Å². The minimum atomic E-state index is -0.877. The van der Waals surface area contributed by atoms with Crippen molar-refractivity contribution in [1.29, 1.82) is 0 Å². The van der Waals surface area contributed by atoms with Gasteiger partial charge in [-0.2, -0.15) is 0 Å². The fourth-order valence-corrected chi connectivity index (χ4v) is 2.36. The zero-order valence-corrected chi connectivity index (χ0v) is 12.3. The van der Waals surface area contributed by atoms with Gasteiger partial charge in [-0.15, -0.1) is 0 Å². The summed E-state index contributed by atoms with van der Waals surface area (Å²) in [6.07, 6.45) is 2.56. The van der Waals surface area contributed by atoms with E-state index in [9.17, 15) is 9.90 Å². The molecular weight excluding hydrogens is 256 g/mol. The zero-order chi connectivity index (χ0) is 14.9. The van der Waals surface area contributed by atoms with Crippen molar-refractivity contribution < 1.29 is 14.4 Å². The zero-order valence-electron chi connectivity index (χ0n) is 12.3. The molecule has 2 rings (SSSR count). The van der Waals surface area contributed by atoms with Crippen LogP contribution in [-0.4, -0.2) is 20.8 Å². The van der Waals surface area contributed by atoms with E-state index in [2.05, 4.69) is 19.0 Å². The molecule has 5 heteroatoms. The Bertz CT molecular complexity index is 604. The normalized spacial score (nSPS) is 11.2. The Morgan fingerprint density at radius 1 is 1.45 bits per heavy atom. The quantitative estimate of drug-likeness (QED) is 0.911. The van der Waals surface area contributed by atoms with E-state index in [1.807, 2.05) is 24.6 Å². The fraction of sp³-hybridized carbons (Fsp3) is 0.467. The molecule has 0 spiro atoms. The molecular formula is C15H20N2O3. The number of aromatic carboxylic acids is 1. The summed E-state index contributed by atoms with van der Waals surface area (Å²) in [5, 5.41) is 13.2. The largest absolute Gasteiger partial charge is 0.478 e. The first-order chi connectivity index (χ1) is 9.40. The maximum atomic E-state index is 11.3. The molecule has 2 heterocycles. The summed E-state index contributed by atoms with van der Waals surface area (Å²) in [7, 11) is 0. The van der Waals surface area contributed by atoms with Gasteiger partial charge in [0.05, 0.1) is 17.8 Å². The average molecular weight is 276 g/mol. The van der Waals surface area contributed by atoms with Crippen LogP contribution in [0.4, 0.5) is 0 Å². The second-order valence-corrected chi connectivity index (χ2v) is 5.51. The maximum Gasteiger partial charge on any atom is 0.337 e. The number of rotatable bonds is 5. The molecule has 0 atom stereocenters. The number of carboxylic acid groups (broad SMARTS) is 1. The van der Waals surface area contributed by atoms with Gasteiger partial charge >= 0.3 is 5.97 Å². The van der Waals surface area contributed by atoms with Gasteiger partial charge in [-0.05, 0) is 32.3 Å². The lowest BCUT2D eigenvalue weighted by atomic mass is 10.0. The molecule has 5 nitrogen and oxygen atoms in total. The van der Waals surface area contributed by atoms with E-state index in [1.54, 1.807) is 6.07 Å². The second kappa shape index (κ2) is 5.53. The smallest absolute Gasteiger partial charge is 0.337 e. The van der Waals surface area contributed by atoms with Gasteiger partial charge in [0.25, 0.3) is 0 Å². The molecule has 0 aromatic carbocycles. The fourth-order valence-electron chi connectivity index (χ4n) is 2.36. The number of nitrogens with zero attached hydrogens (tertiary/aromatic N) is 2. The molecule has 0 amide bonds. The molecule has 1 N–H and O–H groups in total. The van der Waals surface area contributed by atoms with Crippen molar-refractivity contribution in [3.05, 3.63) is 40.5 Å². The molecule has 2 aromatic rings. The summed E-state index contributed by atoms with van der Waals surface area (Å²) >= 11 is 0. The van der Waals surface area contributed by atoms with Crippen molar-refractivity contribution >= 4 is 5.97 Å². The van der Waals surface area contributed by atoms with Gasteiger partial charge in [0.15, 0.2) is 0 Å². The van der Waals surface area contributed by atoms with Crippen molar-refractivity contribution in [2.24, 2.45) is 5.92 Å². The molecule has 0 aliphatic carbocycles. The van der Waals surface area contributed by atoms with Crippen LogP contribution in [0.1, 0.15) is 46.9 Å². The second-order valence-electron chi connectivity index (χ2n) is 5.51. The van der Waals surface area contributed by atoms with Crippen LogP contribution >= 0.6 is 0 Å². The first-order valence-electron chi connectivity index (χ1n) is 6.73. The van der Waals surface area contributed by atoms with Gasteiger partial charge in [-0.25, -0.2) is 4.79 Å². The summed E-state index contributed by atoms with van der Waals surface area (Å²) in [6.45, 7) is 8.53. The summed E-state index contributed by atoms with van der Waals surface area (Å²) in [6, 6.07) is 1.66. The van der Waals surface area contributed by atoms with Gasteiger partial charge in [-0.3, -0.25) is 0 Å². The first-order valence-corrected chi connectivity index (χ1v) is 6.73. The van der Waals surface area contributed by atoms with E-state index < -0.39 is 5.97 Å². The van der Waals surface area contributed by atoms with Crippen molar-refractivity contribution in [2.45, 2.75) is 40.7 Å². The topological polar surface area (TPSA) is 68.3 Å². The highest BCUT2D eigenvalue weighted by molar-refractivity contribution is 5.89. The Kier molecular flexibility index (Phi) is 3.97. The Balaban J connectivity index is 2.39. The van der Waals surface area contributed by atoms with Gasteiger partial charge in [-0.1, -0.05) is 19.0 Å². The molecule has 2 aromatic heterocycles. The molecule has 0 bridgehead atoms. The van der Waals surface area contributed by atoms with Gasteiger partial charge < -0.3 is 14.2 Å². The summed E-state index contributed by atoms with van der Waals surface area (Å²) < 4.78 is 7.15. The molecule has 108 valence electrons. The highest BCUT2D eigenvalue weighted by atomic mass is 16.5. The van der Waals surface area contributed by atoms with Crippen LogP contribution in [-0.2, 0) is 13.0 Å². The third-order valence-electron chi connectivity index (χ3n) is 3.42. The number of carboxylic acids is 1. The van der Waals surface area contributed by atoms with E-state index >= 15 is 0 Å². The van der Waals surface area contributed by atoms with Gasteiger partial charge in [0.2, 0.25) is 0 Å². The molecule has 20 heavy (non-hydrogen) atoms. The lowest BCUT2D eigenvalue weighted by molar-refractivity contribution is 0.0695. The van der Waals surface area contributed by atoms with E-state index in [0.717, 1.165) is 29.1 Å². The minimum Gasteiger partial charge on any atom is -0.478 e. The average Bonchev–Trinajstić information content (AvgIpc) is 2.88. The lowest BCUT2D eigenvalue weighted by Gasteiger charge is -2.12. The number of hydrogen-bond donors (Lipinski definition) is 1. The lowest BCUT2D eigenvalue weighted by Crippen LogP contribution is -2.11. The number of aromatic nitrogens is 2. The molecule has 0 saturated carbocycles. The maximum absolute atomic E-state index is 11.3. The summed E-state index contributed by atoms with van der Waals surface area (Å²) in [5.41, 5.74) is 3.10. The van der Waals surface area contributed by atoms with E-state index in [0.29, 0.717) is 18.0 Å². The molecule has 0 radical (unpaired) electrons. The predicted molar refractivity (Wildman–Crippen MR) is 75.0 cm³/mol. The van der Waals surface area contributed by atoms with Gasteiger partial charge in [0.1, 0.15) is 5.76 Å². The molecule has 0 fully saturated rings. The molecule has 0 saturated heterocycles.